The Morgan fingerprint density at radius 3 is 2.82 bits per heavy atom. The molecule has 66 valence electrons. The molecule has 1 heterocycles. The number of methoxy groups -OCH3 is 1. The molecule has 0 radical (unpaired) electrons. The molecule has 0 bridgehead atoms. The van der Waals surface area contributed by atoms with Gasteiger partial charge in [0.05, 0.1) is 6.61 Å². The fraction of sp³-hybridized carbons (Fsp3) is 1.00. The minimum atomic E-state index is 0.653. The fourth-order valence-corrected chi connectivity index (χ4v) is 1.81. The molecule has 3 heteroatoms. The Labute approximate surface area is 68.7 Å². The summed E-state index contributed by atoms with van der Waals surface area (Å²) in [5, 5.41) is 2.27. The number of ether oxygens (including phenoxy) is 1. The SMILES string of the molecule is CNN1CC(COC)C[C@H]1C. The summed E-state index contributed by atoms with van der Waals surface area (Å²) in [6.45, 7) is 4.25. The molecule has 0 saturated carbocycles. The molecule has 0 aliphatic carbocycles. The first-order valence-corrected chi connectivity index (χ1v) is 4.21. The second kappa shape index (κ2) is 4.04. The van der Waals surface area contributed by atoms with Crippen molar-refractivity contribution >= 4 is 0 Å². The van der Waals surface area contributed by atoms with E-state index >= 15 is 0 Å². The smallest absolute Gasteiger partial charge is 0.0503 e. The molecular formula is C8H18N2O. The van der Waals surface area contributed by atoms with E-state index in [1.165, 1.54) is 6.42 Å². The van der Waals surface area contributed by atoms with Crippen LogP contribution in [0.15, 0.2) is 0 Å². The fourth-order valence-electron chi connectivity index (χ4n) is 1.81. The molecule has 1 rings (SSSR count). The average molecular weight is 158 g/mol. The van der Waals surface area contributed by atoms with E-state index in [1.807, 2.05) is 7.05 Å². The first-order chi connectivity index (χ1) is 5.27. The average Bonchev–Trinajstić information content (AvgIpc) is 2.32. The van der Waals surface area contributed by atoms with E-state index in [0.717, 1.165) is 13.2 Å². The van der Waals surface area contributed by atoms with Crippen molar-refractivity contribution in [1.82, 2.24) is 10.4 Å². The van der Waals surface area contributed by atoms with Crippen molar-refractivity contribution in [3.8, 4) is 0 Å². The Hall–Kier alpha value is -0.120. The molecule has 1 N–H and O–H groups in total. The zero-order chi connectivity index (χ0) is 8.27. The van der Waals surface area contributed by atoms with Crippen LogP contribution in [0.25, 0.3) is 0 Å². The summed E-state index contributed by atoms with van der Waals surface area (Å²) in [7, 11) is 3.75. The lowest BCUT2D eigenvalue weighted by atomic mass is 10.1. The molecule has 1 unspecified atom stereocenters. The van der Waals surface area contributed by atoms with Crippen molar-refractivity contribution in [2.75, 3.05) is 27.3 Å². The summed E-state index contributed by atoms with van der Waals surface area (Å²) in [4.78, 5) is 0. The van der Waals surface area contributed by atoms with Gasteiger partial charge in [-0.2, -0.15) is 0 Å². The van der Waals surface area contributed by atoms with Gasteiger partial charge in [0, 0.05) is 19.7 Å². The third-order valence-electron chi connectivity index (χ3n) is 2.35. The Bertz CT molecular complexity index is 119. The van der Waals surface area contributed by atoms with Crippen LogP contribution in [0.1, 0.15) is 13.3 Å². The highest BCUT2D eigenvalue weighted by atomic mass is 16.5. The molecule has 1 fully saturated rings. The molecule has 1 saturated heterocycles. The van der Waals surface area contributed by atoms with Crippen LogP contribution < -0.4 is 5.43 Å². The Kier molecular flexibility index (Phi) is 3.30. The molecular weight excluding hydrogens is 140 g/mol. The van der Waals surface area contributed by atoms with Gasteiger partial charge in [-0.25, -0.2) is 5.01 Å². The molecule has 0 aromatic rings. The van der Waals surface area contributed by atoms with Gasteiger partial charge in [-0.15, -0.1) is 0 Å². The van der Waals surface area contributed by atoms with E-state index in [0.29, 0.717) is 12.0 Å². The van der Waals surface area contributed by atoms with E-state index in [4.69, 9.17) is 4.74 Å². The monoisotopic (exact) mass is 158 g/mol. The maximum Gasteiger partial charge on any atom is 0.0503 e. The molecule has 0 amide bonds. The minimum absolute atomic E-state index is 0.653. The Balaban J connectivity index is 2.30. The summed E-state index contributed by atoms with van der Waals surface area (Å²) in [5.74, 6) is 0.711. The summed E-state index contributed by atoms with van der Waals surface area (Å²) in [6, 6.07) is 0.653. The van der Waals surface area contributed by atoms with Crippen molar-refractivity contribution in [2.24, 2.45) is 5.92 Å². The van der Waals surface area contributed by atoms with Crippen LogP contribution in [0.5, 0.6) is 0 Å². The lowest BCUT2D eigenvalue weighted by Gasteiger charge is -2.18. The van der Waals surface area contributed by atoms with Gasteiger partial charge >= 0.3 is 0 Å². The van der Waals surface area contributed by atoms with E-state index < -0.39 is 0 Å². The van der Waals surface area contributed by atoms with Crippen LogP contribution in [0.4, 0.5) is 0 Å². The largest absolute Gasteiger partial charge is 0.384 e. The molecule has 3 nitrogen and oxygen atoms in total. The quantitative estimate of drug-likeness (QED) is 0.646. The van der Waals surface area contributed by atoms with Gasteiger partial charge in [-0.3, -0.25) is 5.43 Å². The first-order valence-electron chi connectivity index (χ1n) is 4.21. The number of nitrogens with zero attached hydrogens (tertiary/aromatic N) is 1. The summed E-state index contributed by atoms with van der Waals surface area (Å²) in [6.07, 6.45) is 1.24. The van der Waals surface area contributed by atoms with Crippen LogP contribution in [0, 0.1) is 5.92 Å². The molecule has 0 aromatic heterocycles. The van der Waals surface area contributed by atoms with Crippen LogP contribution in [0.2, 0.25) is 0 Å². The number of rotatable bonds is 3. The van der Waals surface area contributed by atoms with Crippen LogP contribution in [-0.4, -0.2) is 38.4 Å². The van der Waals surface area contributed by atoms with Gasteiger partial charge in [-0.1, -0.05) is 0 Å². The third kappa shape index (κ3) is 2.15. The summed E-state index contributed by atoms with van der Waals surface area (Å²) >= 11 is 0. The highest BCUT2D eigenvalue weighted by Crippen LogP contribution is 2.20. The predicted octanol–water partition coefficient (Wildman–Crippen LogP) is 0.478. The van der Waals surface area contributed by atoms with Gasteiger partial charge in [0.15, 0.2) is 0 Å². The lowest BCUT2D eigenvalue weighted by Crippen LogP contribution is -2.37. The van der Waals surface area contributed by atoms with Crippen LogP contribution >= 0.6 is 0 Å². The Morgan fingerprint density at radius 1 is 1.64 bits per heavy atom. The normalized spacial score (nSPS) is 33.0. The first kappa shape index (κ1) is 8.97. The van der Waals surface area contributed by atoms with Crippen LogP contribution in [0.3, 0.4) is 0 Å². The highest BCUT2D eigenvalue weighted by Gasteiger charge is 2.27. The van der Waals surface area contributed by atoms with Crippen molar-refractivity contribution in [2.45, 2.75) is 19.4 Å². The number of nitrogens with one attached hydrogen (secondary N) is 1. The number of hydrogen-bond donors (Lipinski definition) is 1. The number of hydrogen-bond acceptors (Lipinski definition) is 3. The molecule has 1 aliphatic heterocycles. The molecule has 2 atom stereocenters. The summed E-state index contributed by atoms with van der Waals surface area (Å²) in [5.41, 5.74) is 3.18. The van der Waals surface area contributed by atoms with Crippen molar-refractivity contribution in [3.63, 3.8) is 0 Å². The highest BCUT2D eigenvalue weighted by molar-refractivity contribution is 4.79. The van der Waals surface area contributed by atoms with Crippen molar-refractivity contribution in [1.29, 1.82) is 0 Å². The van der Waals surface area contributed by atoms with E-state index in [2.05, 4.69) is 17.4 Å². The van der Waals surface area contributed by atoms with Crippen molar-refractivity contribution in [3.05, 3.63) is 0 Å². The second-order valence-electron chi connectivity index (χ2n) is 3.28. The minimum Gasteiger partial charge on any atom is -0.384 e. The van der Waals surface area contributed by atoms with Gasteiger partial charge < -0.3 is 4.74 Å². The topological polar surface area (TPSA) is 24.5 Å². The van der Waals surface area contributed by atoms with Gasteiger partial charge in [0.2, 0.25) is 0 Å². The van der Waals surface area contributed by atoms with Crippen LogP contribution in [-0.2, 0) is 4.74 Å². The zero-order valence-electron chi connectivity index (χ0n) is 7.63. The second-order valence-corrected chi connectivity index (χ2v) is 3.28. The zero-order valence-corrected chi connectivity index (χ0v) is 7.63. The standard InChI is InChI=1S/C8H18N2O/c1-7-4-8(6-11-3)5-10(7)9-2/h7-9H,4-6H2,1-3H3/t7-,8?/m1/s1. The predicted molar refractivity (Wildman–Crippen MR) is 45.2 cm³/mol. The molecule has 11 heavy (non-hydrogen) atoms. The Morgan fingerprint density at radius 2 is 2.36 bits per heavy atom. The molecule has 0 spiro atoms. The van der Waals surface area contributed by atoms with Gasteiger partial charge in [-0.05, 0) is 26.3 Å². The van der Waals surface area contributed by atoms with E-state index in [9.17, 15) is 0 Å². The number of hydrazine groups is 1. The van der Waals surface area contributed by atoms with E-state index in [1.54, 1.807) is 7.11 Å². The van der Waals surface area contributed by atoms with Gasteiger partial charge in [0.25, 0.3) is 0 Å². The van der Waals surface area contributed by atoms with Crippen molar-refractivity contribution < 1.29 is 4.74 Å². The van der Waals surface area contributed by atoms with Gasteiger partial charge in [0.1, 0.15) is 0 Å². The maximum atomic E-state index is 5.11. The van der Waals surface area contributed by atoms with E-state index in [-0.39, 0.29) is 0 Å². The summed E-state index contributed by atoms with van der Waals surface area (Å²) < 4.78 is 5.11. The maximum absolute atomic E-state index is 5.11. The molecule has 0 aromatic carbocycles. The molecule has 1 aliphatic rings. The lowest BCUT2D eigenvalue weighted by molar-refractivity contribution is 0.145. The third-order valence-corrected chi connectivity index (χ3v) is 2.35.